The molecule has 1 unspecified atom stereocenters. The van der Waals surface area contributed by atoms with Crippen molar-refractivity contribution in [2.24, 2.45) is 5.92 Å². The van der Waals surface area contributed by atoms with Crippen molar-refractivity contribution in [3.05, 3.63) is 0 Å². The zero-order chi connectivity index (χ0) is 15.4. The summed E-state index contributed by atoms with van der Waals surface area (Å²) in [5.74, 6) is -3.76. The number of carboxylic acids is 1. The lowest BCUT2D eigenvalue weighted by Crippen LogP contribution is -2.49. The van der Waals surface area contributed by atoms with E-state index in [2.05, 4.69) is 0 Å². The van der Waals surface area contributed by atoms with Crippen molar-refractivity contribution in [2.75, 3.05) is 13.2 Å². The van der Waals surface area contributed by atoms with E-state index >= 15 is 0 Å². The number of hydrogen-bond donors (Lipinski definition) is 0. The van der Waals surface area contributed by atoms with Crippen molar-refractivity contribution in [3.63, 3.8) is 0 Å². The average Bonchev–Trinajstić information content (AvgIpc) is 2.40. The molecule has 1 atom stereocenters. The lowest BCUT2D eigenvalue weighted by molar-refractivity contribution is -0.519. The summed E-state index contributed by atoms with van der Waals surface area (Å²) in [7, 11) is 0. The molecule has 0 amide bonds. The van der Waals surface area contributed by atoms with Gasteiger partial charge in [-0.05, 0) is 26.2 Å². The fourth-order valence-electron chi connectivity index (χ4n) is 1.61. The summed E-state index contributed by atoms with van der Waals surface area (Å²) >= 11 is 0. The average molecular weight is 291 g/mol. The molecule has 0 saturated carbocycles. The molecule has 0 aromatic heterocycles. The van der Waals surface area contributed by atoms with Gasteiger partial charge in [0.15, 0.2) is 0 Å². The summed E-state index contributed by atoms with van der Waals surface area (Å²) in [5.41, 5.74) is 0. The van der Waals surface area contributed by atoms with Crippen molar-refractivity contribution in [2.45, 2.75) is 65.6 Å². The topological polar surface area (TPSA) is 77.0 Å². The quantitative estimate of drug-likeness (QED) is 0.223. The second kappa shape index (κ2) is 11.0. The van der Waals surface area contributed by atoms with Crippen LogP contribution in [0.25, 0.3) is 0 Å². The SMILES string of the molecule is CCCCOOC(C)(OOCCCC)C(CC)C(=O)[O-]. The second-order valence-electron chi connectivity index (χ2n) is 4.81. The monoisotopic (exact) mass is 291 g/mol. The van der Waals surface area contributed by atoms with Crippen LogP contribution < -0.4 is 5.11 Å². The summed E-state index contributed by atoms with van der Waals surface area (Å²) in [5, 5.41) is 11.2. The van der Waals surface area contributed by atoms with Gasteiger partial charge in [-0.2, -0.15) is 9.78 Å². The molecule has 0 fully saturated rings. The number of unbranched alkanes of at least 4 members (excludes halogenated alkanes) is 2. The molecule has 0 aliphatic carbocycles. The van der Waals surface area contributed by atoms with Crippen LogP contribution in [0, 0.1) is 5.92 Å². The van der Waals surface area contributed by atoms with E-state index < -0.39 is 17.7 Å². The molecule has 0 aromatic carbocycles. The maximum absolute atomic E-state index is 11.2. The first kappa shape index (κ1) is 19.3. The van der Waals surface area contributed by atoms with Crippen LogP contribution in [0.5, 0.6) is 0 Å². The van der Waals surface area contributed by atoms with Gasteiger partial charge in [-0.3, -0.25) is 0 Å². The zero-order valence-electron chi connectivity index (χ0n) is 13.0. The molecule has 0 spiro atoms. The molecule has 0 rings (SSSR count). The predicted octanol–water partition coefficient (Wildman–Crippen LogP) is 1.98. The summed E-state index contributed by atoms with van der Waals surface area (Å²) in [6.07, 6.45) is 3.81. The van der Waals surface area contributed by atoms with E-state index in [0.29, 0.717) is 13.2 Å². The Morgan fingerprint density at radius 1 is 1.05 bits per heavy atom. The van der Waals surface area contributed by atoms with Gasteiger partial charge in [0.25, 0.3) is 0 Å². The highest BCUT2D eigenvalue weighted by molar-refractivity contribution is 5.68. The maximum Gasteiger partial charge on any atom is 0.239 e. The van der Waals surface area contributed by atoms with Gasteiger partial charge in [0.2, 0.25) is 5.79 Å². The Labute approximate surface area is 121 Å². The summed E-state index contributed by atoms with van der Waals surface area (Å²) in [4.78, 5) is 31.6. The van der Waals surface area contributed by atoms with Crippen molar-refractivity contribution in [1.29, 1.82) is 0 Å². The Bertz CT molecular complexity index is 244. The van der Waals surface area contributed by atoms with Gasteiger partial charge in [-0.1, -0.05) is 33.6 Å². The van der Waals surface area contributed by atoms with Crippen molar-refractivity contribution in [3.8, 4) is 0 Å². The number of carbonyl (C=O) groups excluding carboxylic acids is 1. The standard InChI is InChI=1S/C14H28O6/c1-5-8-10-17-19-14(4,12(7-3)13(15)16)20-18-11-9-6-2/h12H,5-11H2,1-4H3,(H,15,16)/p-1. The number of carboxylic acid groups (broad SMARTS) is 1. The molecule has 20 heavy (non-hydrogen) atoms. The smallest absolute Gasteiger partial charge is 0.239 e. The fourth-order valence-corrected chi connectivity index (χ4v) is 1.61. The Morgan fingerprint density at radius 3 is 1.80 bits per heavy atom. The molecule has 0 aliphatic heterocycles. The van der Waals surface area contributed by atoms with Gasteiger partial charge >= 0.3 is 0 Å². The van der Waals surface area contributed by atoms with Gasteiger partial charge in [0.1, 0.15) is 0 Å². The normalized spacial score (nSPS) is 13.4. The molecule has 0 saturated heterocycles. The predicted molar refractivity (Wildman–Crippen MR) is 71.1 cm³/mol. The second-order valence-corrected chi connectivity index (χ2v) is 4.81. The van der Waals surface area contributed by atoms with Crippen LogP contribution in [0.3, 0.4) is 0 Å². The minimum absolute atomic E-state index is 0.285. The third-order valence-corrected chi connectivity index (χ3v) is 2.94. The Morgan fingerprint density at radius 2 is 1.50 bits per heavy atom. The Kier molecular flexibility index (Phi) is 10.6. The van der Waals surface area contributed by atoms with Crippen molar-refractivity contribution in [1.82, 2.24) is 0 Å². The van der Waals surface area contributed by atoms with Gasteiger partial charge in [-0.15, -0.1) is 0 Å². The van der Waals surface area contributed by atoms with Gasteiger partial charge in [0, 0.05) is 0 Å². The summed E-state index contributed by atoms with van der Waals surface area (Å²) in [6.45, 7) is 7.96. The number of rotatable bonds is 13. The van der Waals surface area contributed by atoms with Crippen LogP contribution in [0.2, 0.25) is 0 Å². The van der Waals surface area contributed by atoms with E-state index in [1.54, 1.807) is 6.92 Å². The highest BCUT2D eigenvalue weighted by atomic mass is 17.3. The Balaban J connectivity index is 4.51. The molecule has 0 N–H and O–H groups in total. The molecule has 0 aliphatic rings. The van der Waals surface area contributed by atoms with E-state index in [1.807, 2.05) is 13.8 Å². The van der Waals surface area contributed by atoms with Crippen LogP contribution in [-0.4, -0.2) is 25.0 Å². The van der Waals surface area contributed by atoms with Crippen LogP contribution in [0.1, 0.15) is 59.8 Å². The molecule has 120 valence electrons. The first-order chi connectivity index (χ1) is 9.51. The van der Waals surface area contributed by atoms with Crippen LogP contribution in [-0.2, 0) is 24.3 Å². The highest BCUT2D eigenvalue weighted by Crippen LogP contribution is 2.27. The summed E-state index contributed by atoms with van der Waals surface area (Å²) in [6, 6.07) is 0. The minimum Gasteiger partial charge on any atom is -0.550 e. The molecular formula is C14H27O6-. The molecule has 0 bridgehead atoms. The molecule has 6 heteroatoms. The number of carbonyl (C=O) groups is 1. The van der Waals surface area contributed by atoms with E-state index in [4.69, 9.17) is 19.6 Å². The molecule has 0 heterocycles. The summed E-state index contributed by atoms with van der Waals surface area (Å²) < 4.78 is 0. The molecule has 6 nitrogen and oxygen atoms in total. The first-order valence-electron chi connectivity index (χ1n) is 7.33. The maximum atomic E-state index is 11.2. The number of aliphatic carboxylic acids is 1. The minimum atomic E-state index is -1.52. The first-order valence-corrected chi connectivity index (χ1v) is 7.33. The van der Waals surface area contributed by atoms with Crippen LogP contribution in [0.15, 0.2) is 0 Å². The van der Waals surface area contributed by atoms with E-state index in [9.17, 15) is 9.90 Å². The van der Waals surface area contributed by atoms with Crippen LogP contribution >= 0.6 is 0 Å². The van der Waals surface area contributed by atoms with Gasteiger partial charge < -0.3 is 9.90 Å². The highest BCUT2D eigenvalue weighted by Gasteiger charge is 2.39. The third kappa shape index (κ3) is 7.19. The fraction of sp³-hybridized carbons (Fsp3) is 0.929. The lowest BCUT2D eigenvalue weighted by Gasteiger charge is -2.34. The molecule has 0 radical (unpaired) electrons. The largest absolute Gasteiger partial charge is 0.550 e. The van der Waals surface area contributed by atoms with E-state index in [-0.39, 0.29) is 6.42 Å². The zero-order valence-corrected chi connectivity index (χ0v) is 13.0. The lowest BCUT2D eigenvalue weighted by atomic mass is 9.98. The van der Waals surface area contributed by atoms with Crippen molar-refractivity contribution < 1.29 is 29.5 Å². The van der Waals surface area contributed by atoms with E-state index in [0.717, 1.165) is 25.7 Å². The molecular weight excluding hydrogens is 264 g/mol. The van der Waals surface area contributed by atoms with E-state index in [1.165, 1.54) is 6.92 Å². The van der Waals surface area contributed by atoms with Crippen LogP contribution in [0.4, 0.5) is 0 Å². The molecule has 0 aromatic rings. The van der Waals surface area contributed by atoms with Crippen molar-refractivity contribution >= 4 is 5.97 Å². The van der Waals surface area contributed by atoms with Gasteiger partial charge in [-0.25, -0.2) is 9.78 Å². The third-order valence-electron chi connectivity index (χ3n) is 2.94. The Hall–Kier alpha value is -0.690. The van der Waals surface area contributed by atoms with Gasteiger partial charge in [0.05, 0.1) is 25.1 Å². The number of hydrogen-bond acceptors (Lipinski definition) is 6.